The van der Waals surface area contributed by atoms with E-state index in [1.807, 2.05) is 13.8 Å². The van der Waals surface area contributed by atoms with Crippen LogP contribution >= 0.6 is 0 Å². The van der Waals surface area contributed by atoms with Gasteiger partial charge in [-0.1, -0.05) is 13.8 Å². The largest absolute Gasteiger partial charge is 0.351 e. The topological polar surface area (TPSA) is 71.1 Å². The Morgan fingerprint density at radius 3 is 2.50 bits per heavy atom. The highest BCUT2D eigenvalue weighted by atomic mass is 19.2. The van der Waals surface area contributed by atoms with Gasteiger partial charge >= 0.3 is 0 Å². The average molecular weight is 365 g/mol. The summed E-state index contributed by atoms with van der Waals surface area (Å²) in [6.07, 6.45) is 2.05. The van der Waals surface area contributed by atoms with Crippen molar-refractivity contribution in [2.24, 2.45) is 5.92 Å². The Morgan fingerprint density at radius 1 is 1.08 bits per heavy atom. The van der Waals surface area contributed by atoms with Crippen LogP contribution in [0.3, 0.4) is 0 Å². The van der Waals surface area contributed by atoms with Gasteiger partial charge in [0.25, 0.3) is 11.8 Å². The molecule has 8 heteroatoms. The summed E-state index contributed by atoms with van der Waals surface area (Å²) in [6.45, 7) is 4.51. The lowest BCUT2D eigenvalue weighted by molar-refractivity contribution is 0.0947. The van der Waals surface area contributed by atoms with E-state index in [1.54, 1.807) is 0 Å². The zero-order valence-corrected chi connectivity index (χ0v) is 14.3. The van der Waals surface area contributed by atoms with Gasteiger partial charge in [-0.2, -0.15) is 0 Å². The van der Waals surface area contributed by atoms with E-state index in [0.29, 0.717) is 18.5 Å². The summed E-state index contributed by atoms with van der Waals surface area (Å²) in [6, 6.07) is 4.16. The first-order valence-corrected chi connectivity index (χ1v) is 7.98. The molecule has 2 N–H and O–H groups in total. The predicted octanol–water partition coefficient (Wildman–Crippen LogP) is 3.53. The maximum atomic E-state index is 13.6. The normalized spacial score (nSPS) is 10.7. The molecule has 0 fully saturated rings. The standard InChI is InChI=1S/C18H18F3N3O2/c1-10(2)5-7-23-18(26)14-9-11(6-8-22-14)17(25)24-13-4-3-12(19)15(20)16(13)21/h3-4,6,8-10H,5,7H2,1-2H3,(H,23,26)(H,24,25). The van der Waals surface area contributed by atoms with Crippen LogP contribution in [0.15, 0.2) is 30.5 Å². The van der Waals surface area contributed by atoms with Gasteiger partial charge in [0.1, 0.15) is 5.69 Å². The number of nitrogens with one attached hydrogen (secondary N) is 2. The molecule has 0 saturated carbocycles. The van der Waals surface area contributed by atoms with Crippen LogP contribution in [0.25, 0.3) is 0 Å². The second-order valence-electron chi connectivity index (χ2n) is 6.05. The summed E-state index contributed by atoms with van der Waals surface area (Å²) >= 11 is 0. The highest BCUT2D eigenvalue weighted by molar-refractivity contribution is 6.05. The lowest BCUT2D eigenvalue weighted by Gasteiger charge is -2.09. The Kier molecular flexibility index (Phi) is 6.32. The third-order valence-corrected chi connectivity index (χ3v) is 3.55. The Bertz CT molecular complexity index is 825. The van der Waals surface area contributed by atoms with Crippen molar-refractivity contribution in [1.29, 1.82) is 0 Å². The van der Waals surface area contributed by atoms with Gasteiger partial charge in [-0.15, -0.1) is 0 Å². The van der Waals surface area contributed by atoms with Crippen molar-refractivity contribution in [3.63, 3.8) is 0 Å². The van der Waals surface area contributed by atoms with Gasteiger partial charge < -0.3 is 10.6 Å². The summed E-state index contributed by atoms with van der Waals surface area (Å²) in [5.41, 5.74) is -0.459. The lowest BCUT2D eigenvalue weighted by Crippen LogP contribution is -2.26. The molecule has 0 saturated heterocycles. The molecule has 0 spiro atoms. The molecule has 2 aromatic rings. The van der Waals surface area contributed by atoms with Gasteiger partial charge in [-0.05, 0) is 36.6 Å². The third-order valence-electron chi connectivity index (χ3n) is 3.55. The van der Waals surface area contributed by atoms with Crippen molar-refractivity contribution >= 4 is 17.5 Å². The molecule has 0 aliphatic heterocycles. The number of pyridine rings is 1. The van der Waals surface area contributed by atoms with Gasteiger partial charge in [0, 0.05) is 18.3 Å². The lowest BCUT2D eigenvalue weighted by atomic mass is 10.1. The second-order valence-corrected chi connectivity index (χ2v) is 6.05. The number of hydrogen-bond donors (Lipinski definition) is 2. The molecule has 2 amide bonds. The van der Waals surface area contributed by atoms with E-state index < -0.39 is 35.0 Å². The van der Waals surface area contributed by atoms with E-state index in [0.717, 1.165) is 12.5 Å². The number of halogens is 3. The molecule has 0 unspecified atom stereocenters. The van der Waals surface area contributed by atoms with Crippen LogP contribution in [-0.4, -0.2) is 23.3 Å². The quantitative estimate of drug-likeness (QED) is 0.770. The number of benzene rings is 1. The summed E-state index contributed by atoms with van der Waals surface area (Å²) < 4.78 is 39.8. The molecule has 1 heterocycles. The summed E-state index contributed by atoms with van der Waals surface area (Å²) in [7, 11) is 0. The van der Waals surface area contributed by atoms with E-state index >= 15 is 0 Å². The molecule has 0 bridgehead atoms. The summed E-state index contributed by atoms with van der Waals surface area (Å²) in [4.78, 5) is 28.1. The molecule has 5 nitrogen and oxygen atoms in total. The number of anilines is 1. The van der Waals surface area contributed by atoms with Crippen molar-refractivity contribution in [3.05, 3.63) is 59.2 Å². The monoisotopic (exact) mass is 365 g/mol. The van der Waals surface area contributed by atoms with E-state index in [9.17, 15) is 22.8 Å². The first kappa shape index (κ1) is 19.4. The van der Waals surface area contributed by atoms with Crippen molar-refractivity contribution in [1.82, 2.24) is 10.3 Å². The highest BCUT2D eigenvalue weighted by Crippen LogP contribution is 2.20. The van der Waals surface area contributed by atoms with Crippen molar-refractivity contribution in [2.45, 2.75) is 20.3 Å². The number of hydrogen-bond acceptors (Lipinski definition) is 3. The Labute approximate surface area is 148 Å². The molecule has 1 aromatic heterocycles. The van der Waals surface area contributed by atoms with Crippen molar-refractivity contribution in [2.75, 3.05) is 11.9 Å². The SMILES string of the molecule is CC(C)CCNC(=O)c1cc(C(=O)Nc2ccc(F)c(F)c2F)ccn1. The van der Waals surface area contributed by atoms with Crippen LogP contribution in [-0.2, 0) is 0 Å². The smallest absolute Gasteiger partial charge is 0.269 e. The minimum atomic E-state index is -1.68. The third kappa shape index (κ3) is 4.81. The molecule has 0 radical (unpaired) electrons. The number of carbonyl (C=O) groups is 2. The summed E-state index contributed by atoms with van der Waals surface area (Å²) in [5.74, 6) is -5.34. The summed E-state index contributed by atoms with van der Waals surface area (Å²) in [5, 5.41) is 4.82. The highest BCUT2D eigenvalue weighted by Gasteiger charge is 2.17. The van der Waals surface area contributed by atoms with Crippen molar-refractivity contribution < 1.29 is 22.8 Å². The van der Waals surface area contributed by atoms with Gasteiger partial charge in [0.2, 0.25) is 0 Å². The minimum Gasteiger partial charge on any atom is -0.351 e. The number of aromatic nitrogens is 1. The molecule has 2 rings (SSSR count). The molecule has 138 valence electrons. The van der Waals surface area contributed by atoms with Gasteiger partial charge in [-0.3, -0.25) is 14.6 Å². The van der Waals surface area contributed by atoms with Crippen LogP contribution in [0.2, 0.25) is 0 Å². The molecular formula is C18H18F3N3O2. The molecule has 0 aliphatic carbocycles. The van der Waals surface area contributed by atoms with Gasteiger partial charge in [0.05, 0.1) is 5.69 Å². The van der Waals surface area contributed by atoms with Crippen LogP contribution < -0.4 is 10.6 Å². The maximum absolute atomic E-state index is 13.6. The van der Waals surface area contributed by atoms with E-state index in [1.165, 1.54) is 18.3 Å². The van der Waals surface area contributed by atoms with Crippen LogP contribution in [0, 0.1) is 23.4 Å². The molecule has 0 atom stereocenters. The molecular weight excluding hydrogens is 347 g/mol. The molecule has 26 heavy (non-hydrogen) atoms. The maximum Gasteiger partial charge on any atom is 0.269 e. The van der Waals surface area contributed by atoms with Gasteiger partial charge in [0.15, 0.2) is 17.5 Å². The van der Waals surface area contributed by atoms with Crippen LogP contribution in [0.5, 0.6) is 0 Å². The number of nitrogens with zero attached hydrogens (tertiary/aromatic N) is 1. The van der Waals surface area contributed by atoms with Crippen LogP contribution in [0.4, 0.5) is 18.9 Å². The Morgan fingerprint density at radius 2 is 1.81 bits per heavy atom. The zero-order valence-electron chi connectivity index (χ0n) is 14.3. The predicted molar refractivity (Wildman–Crippen MR) is 90.3 cm³/mol. The average Bonchev–Trinajstić information content (AvgIpc) is 2.62. The Hall–Kier alpha value is -2.90. The fourth-order valence-corrected chi connectivity index (χ4v) is 2.08. The minimum absolute atomic E-state index is 0.0205. The fourth-order valence-electron chi connectivity index (χ4n) is 2.08. The second kappa shape index (κ2) is 8.46. The Balaban J connectivity index is 2.11. The van der Waals surface area contributed by atoms with E-state index in [4.69, 9.17) is 0 Å². The number of amides is 2. The first-order valence-electron chi connectivity index (χ1n) is 7.98. The van der Waals surface area contributed by atoms with Gasteiger partial charge in [-0.25, -0.2) is 13.2 Å². The zero-order chi connectivity index (χ0) is 19.3. The van der Waals surface area contributed by atoms with E-state index in [-0.39, 0.29) is 11.3 Å². The molecule has 0 aliphatic rings. The van der Waals surface area contributed by atoms with Crippen LogP contribution in [0.1, 0.15) is 41.1 Å². The fraction of sp³-hybridized carbons (Fsp3) is 0.278. The van der Waals surface area contributed by atoms with E-state index in [2.05, 4.69) is 15.6 Å². The molecule has 1 aromatic carbocycles. The number of rotatable bonds is 6. The first-order chi connectivity index (χ1) is 12.3. The number of carbonyl (C=O) groups excluding carboxylic acids is 2. The van der Waals surface area contributed by atoms with Crippen molar-refractivity contribution in [3.8, 4) is 0 Å².